The van der Waals surface area contributed by atoms with E-state index in [9.17, 15) is 43.2 Å². The molecule has 0 radical (unpaired) electrons. The molecule has 19 heteroatoms. The van der Waals surface area contributed by atoms with Gasteiger partial charge >= 0.3 is 39.5 Å². The number of ether oxygens (including phenoxy) is 4. The van der Waals surface area contributed by atoms with Gasteiger partial charge in [-0.25, -0.2) is 9.13 Å². The predicted octanol–water partition coefficient (Wildman–Crippen LogP) is 23.3. The highest BCUT2D eigenvalue weighted by molar-refractivity contribution is 7.47. The summed E-state index contributed by atoms with van der Waals surface area (Å²) in [4.78, 5) is 72.6. The van der Waals surface area contributed by atoms with Crippen molar-refractivity contribution in [2.75, 3.05) is 39.6 Å². The van der Waals surface area contributed by atoms with E-state index in [2.05, 4.69) is 34.6 Å². The van der Waals surface area contributed by atoms with Crippen LogP contribution in [-0.2, 0) is 65.4 Å². The highest BCUT2D eigenvalue weighted by Gasteiger charge is 2.30. The van der Waals surface area contributed by atoms with Crippen molar-refractivity contribution in [2.45, 2.75) is 432 Å². The third kappa shape index (κ3) is 72.2. The summed E-state index contributed by atoms with van der Waals surface area (Å²) >= 11 is 0. The van der Waals surface area contributed by atoms with E-state index in [4.69, 9.17) is 37.0 Å². The van der Waals surface area contributed by atoms with Gasteiger partial charge in [-0.05, 0) is 31.6 Å². The van der Waals surface area contributed by atoms with Crippen LogP contribution in [0.4, 0.5) is 0 Å². The first-order valence-electron chi connectivity index (χ1n) is 40.6. The van der Waals surface area contributed by atoms with Crippen LogP contribution < -0.4 is 0 Å². The molecule has 0 bridgehead atoms. The molecule has 97 heavy (non-hydrogen) atoms. The lowest BCUT2D eigenvalue weighted by Gasteiger charge is -2.21. The van der Waals surface area contributed by atoms with Gasteiger partial charge in [0.2, 0.25) is 0 Å². The van der Waals surface area contributed by atoms with E-state index in [1.807, 2.05) is 0 Å². The average molecular weight is 1420 g/mol. The quantitative estimate of drug-likeness (QED) is 0.0222. The second-order valence-electron chi connectivity index (χ2n) is 28.6. The van der Waals surface area contributed by atoms with Crippen molar-refractivity contribution in [1.82, 2.24) is 0 Å². The van der Waals surface area contributed by atoms with Gasteiger partial charge in [0.05, 0.1) is 26.4 Å². The second kappa shape index (κ2) is 71.1. The maximum absolute atomic E-state index is 13.1. The molecule has 0 aromatic heterocycles. The van der Waals surface area contributed by atoms with Gasteiger partial charge < -0.3 is 33.8 Å². The molecule has 0 fully saturated rings. The van der Waals surface area contributed by atoms with Crippen LogP contribution in [0.15, 0.2) is 0 Å². The Hall–Kier alpha value is -1.94. The predicted molar refractivity (Wildman–Crippen MR) is 395 cm³/mol. The fourth-order valence-corrected chi connectivity index (χ4v) is 13.6. The van der Waals surface area contributed by atoms with Gasteiger partial charge in [0.25, 0.3) is 0 Å². The number of unbranched alkanes of at least 4 members (excludes halogenated alkanes) is 50. The number of hydrogen-bond donors (Lipinski definition) is 3. The molecule has 0 rings (SSSR count). The molecule has 3 N–H and O–H groups in total. The molecule has 17 nitrogen and oxygen atoms in total. The number of carbonyl (C=O) groups excluding carboxylic acids is 4. The Labute approximate surface area is 594 Å². The monoisotopic (exact) mass is 1420 g/mol. The summed E-state index contributed by atoms with van der Waals surface area (Å²) in [6.07, 6.45) is 61.6. The molecule has 5 atom stereocenters. The minimum absolute atomic E-state index is 0.105. The Kier molecular flexibility index (Phi) is 69.6. The highest BCUT2D eigenvalue weighted by atomic mass is 31.2. The molecule has 0 heterocycles. The standard InChI is InChI=1S/C78H152O17P2/c1-6-9-12-15-17-19-21-23-25-27-29-31-33-35-37-39-44-48-53-58-63-78(83)95-74(68-89-76(81)62-57-52-47-43-38-36-34-32-30-28-26-24-22-20-18-16-13-10-7-2)70-93-97(86,87)91-66-72(79)65-90-96(84,85)92-69-73(67-88-75(80)61-56-50-14-11-8-3)94-77(82)64-59-54-49-45-41-40-42-46-51-55-60-71(4)5/h71-74,79H,6-70H2,1-5H3,(H,84,85)(H,86,87)/t72-,73+,74+/m0/s1. The Morgan fingerprint density at radius 1 is 0.278 bits per heavy atom. The number of aliphatic hydroxyl groups excluding tert-OH is 1. The average Bonchev–Trinajstić information content (AvgIpc) is 1.30. The summed E-state index contributed by atoms with van der Waals surface area (Å²) in [5.41, 5.74) is 0. The number of phosphoric ester groups is 2. The summed E-state index contributed by atoms with van der Waals surface area (Å²) in [6, 6.07) is 0. The maximum Gasteiger partial charge on any atom is 0.472 e. The van der Waals surface area contributed by atoms with Gasteiger partial charge in [0, 0.05) is 25.7 Å². The van der Waals surface area contributed by atoms with E-state index in [0.717, 1.165) is 102 Å². The van der Waals surface area contributed by atoms with Crippen LogP contribution in [0, 0.1) is 5.92 Å². The van der Waals surface area contributed by atoms with Gasteiger partial charge in [-0.15, -0.1) is 0 Å². The van der Waals surface area contributed by atoms with Crippen LogP contribution >= 0.6 is 15.6 Å². The Balaban J connectivity index is 5.12. The molecule has 576 valence electrons. The lowest BCUT2D eigenvalue weighted by molar-refractivity contribution is -0.161. The van der Waals surface area contributed by atoms with E-state index < -0.39 is 97.5 Å². The van der Waals surface area contributed by atoms with Crippen LogP contribution in [0.3, 0.4) is 0 Å². The van der Waals surface area contributed by atoms with Gasteiger partial charge in [-0.2, -0.15) is 0 Å². The van der Waals surface area contributed by atoms with Crippen LogP contribution in [0.1, 0.15) is 413 Å². The van der Waals surface area contributed by atoms with Crippen molar-refractivity contribution < 1.29 is 80.2 Å². The first-order valence-corrected chi connectivity index (χ1v) is 43.6. The largest absolute Gasteiger partial charge is 0.472 e. The minimum Gasteiger partial charge on any atom is -0.462 e. The lowest BCUT2D eigenvalue weighted by Crippen LogP contribution is -2.30. The van der Waals surface area contributed by atoms with E-state index in [-0.39, 0.29) is 25.7 Å². The Morgan fingerprint density at radius 3 is 0.701 bits per heavy atom. The Bertz CT molecular complexity index is 1860. The number of hydrogen-bond acceptors (Lipinski definition) is 15. The maximum atomic E-state index is 13.1. The second-order valence-corrected chi connectivity index (χ2v) is 31.5. The zero-order valence-corrected chi connectivity index (χ0v) is 65.0. The third-order valence-electron chi connectivity index (χ3n) is 18.3. The zero-order chi connectivity index (χ0) is 71.2. The van der Waals surface area contributed by atoms with Crippen LogP contribution in [0.25, 0.3) is 0 Å². The summed E-state index contributed by atoms with van der Waals surface area (Å²) < 4.78 is 68.4. The third-order valence-corrected chi connectivity index (χ3v) is 20.2. The molecule has 0 aromatic rings. The van der Waals surface area contributed by atoms with E-state index in [1.54, 1.807) is 0 Å². The molecular formula is C78H152O17P2. The van der Waals surface area contributed by atoms with Crippen molar-refractivity contribution in [1.29, 1.82) is 0 Å². The van der Waals surface area contributed by atoms with Gasteiger partial charge in [-0.1, -0.05) is 362 Å². The van der Waals surface area contributed by atoms with Gasteiger partial charge in [-0.3, -0.25) is 37.3 Å². The molecule has 0 aliphatic heterocycles. The summed E-state index contributed by atoms with van der Waals surface area (Å²) in [6.45, 7) is 7.20. The molecular weight excluding hydrogens is 1270 g/mol. The number of rotatable bonds is 78. The van der Waals surface area contributed by atoms with Crippen molar-refractivity contribution in [3.05, 3.63) is 0 Å². The van der Waals surface area contributed by atoms with Crippen LogP contribution in [0.2, 0.25) is 0 Å². The number of esters is 4. The van der Waals surface area contributed by atoms with Crippen LogP contribution in [-0.4, -0.2) is 96.7 Å². The first-order chi connectivity index (χ1) is 47.0. The zero-order valence-electron chi connectivity index (χ0n) is 63.2. The highest BCUT2D eigenvalue weighted by Crippen LogP contribution is 2.45. The van der Waals surface area contributed by atoms with E-state index in [1.165, 1.54) is 231 Å². The van der Waals surface area contributed by atoms with Crippen molar-refractivity contribution in [2.24, 2.45) is 5.92 Å². The summed E-state index contributed by atoms with van der Waals surface area (Å²) in [5, 5.41) is 10.6. The normalized spacial score (nSPS) is 13.9. The van der Waals surface area contributed by atoms with Gasteiger partial charge in [0.15, 0.2) is 12.2 Å². The van der Waals surface area contributed by atoms with E-state index >= 15 is 0 Å². The lowest BCUT2D eigenvalue weighted by atomic mass is 10.0. The minimum atomic E-state index is -4.96. The van der Waals surface area contributed by atoms with Crippen molar-refractivity contribution in [3.63, 3.8) is 0 Å². The van der Waals surface area contributed by atoms with Crippen LogP contribution in [0.5, 0.6) is 0 Å². The SMILES string of the molecule is CCCCCCCCCCCCCCCCCCCCCCC(=O)O[C@H](COC(=O)CCCCCCCCCCCCCCCCCCCCC)COP(=O)(O)OC[C@@H](O)COP(=O)(O)OC[C@@H](COC(=O)CCCCCCC)OC(=O)CCCCCCCCCCCCC(C)C. The number of carbonyl (C=O) groups is 4. The fourth-order valence-electron chi connectivity index (χ4n) is 12.1. The summed E-state index contributed by atoms with van der Waals surface area (Å²) in [5.74, 6) is -1.37. The molecule has 0 spiro atoms. The summed E-state index contributed by atoms with van der Waals surface area (Å²) in [7, 11) is -9.90. The van der Waals surface area contributed by atoms with E-state index in [0.29, 0.717) is 25.7 Å². The first kappa shape index (κ1) is 95.1. The van der Waals surface area contributed by atoms with Crippen molar-refractivity contribution >= 4 is 39.5 Å². The topological polar surface area (TPSA) is 237 Å². The van der Waals surface area contributed by atoms with Gasteiger partial charge in [0.1, 0.15) is 19.3 Å². The van der Waals surface area contributed by atoms with Crippen molar-refractivity contribution in [3.8, 4) is 0 Å². The smallest absolute Gasteiger partial charge is 0.462 e. The Morgan fingerprint density at radius 2 is 0.474 bits per heavy atom. The molecule has 0 aromatic carbocycles. The molecule has 2 unspecified atom stereocenters. The molecule has 0 saturated heterocycles. The number of phosphoric acid groups is 2. The molecule has 0 saturated carbocycles. The molecule has 0 aliphatic rings. The molecule has 0 aliphatic carbocycles. The molecule has 0 amide bonds. The fraction of sp³-hybridized carbons (Fsp3) is 0.949. The number of aliphatic hydroxyl groups is 1.